The summed E-state index contributed by atoms with van der Waals surface area (Å²) in [7, 11) is 1.72. The average Bonchev–Trinajstić information content (AvgIpc) is 3.67. The number of aromatic nitrogens is 2. The van der Waals surface area contributed by atoms with Crippen LogP contribution >= 0.6 is 0 Å². The molecule has 2 amide bonds. The second-order valence-electron chi connectivity index (χ2n) is 9.62. The molecular formula is C27H42N8O2. The van der Waals surface area contributed by atoms with Crippen molar-refractivity contribution in [2.24, 2.45) is 11.8 Å². The number of benzene rings is 1. The molecule has 0 bridgehead atoms. The van der Waals surface area contributed by atoms with Crippen molar-refractivity contribution in [3.63, 3.8) is 0 Å². The van der Waals surface area contributed by atoms with Crippen LogP contribution in [0.1, 0.15) is 56.6 Å². The van der Waals surface area contributed by atoms with Gasteiger partial charge < -0.3 is 26.3 Å². The molecule has 2 aliphatic heterocycles. The first-order valence-corrected chi connectivity index (χ1v) is 13.1. The number of hydrogen-bond donors (Lipinski definition) is 5. The number of nitrogens with zero attached hydrogens (tertiary/aromatic N) is 3. The van der Waals surface area contributed by atoms with Gasteiger partial charge in [-0.3, -0.25) is 14.7 Å². The number of nitrogens with one attached hydrogen (secondary N) is 3. The maximum absolute atomic E-state index is 13.5. The molecule has 4 atom stereocenters. The number of anilines is 2. The lowest BCUT2D eigenvalue weighted by Gasteiger charge is -2.27. The van der Waals surface area contributed by atoms with Crippen molar-refractivity contribution in [2.75, 3.05) is 30.9 Å². The second-order valence-corrected chi connectivity index (χ2v) is 9.62. The molecule has 0 radical (unpaired) electrons. The van der Waals surface area contributed by atoms with Crippen LogP contribution in [-0.2, 0) is 16.1 Å². The van der Waals surface area contributed by atoms with Crippen LogP contribution in [0.4, 0.5) is 11.4 Å². The van der Waals surface area contributed by atoms with Gasteiger partial charge in [-0.2, -0.15) is 5.10 Å². The van der Waals surface area contributed by atoms with Crippen LogP contribution in [0.25, 0.3) is 0 Å². The zero-order chi connectivity index (χ0) is 26.9. The number of hydrazine groups is 1. The molecular weight excluding hydrogens is 468 g/mol. The number of nitrogen functional groups attached to an aromatic ring is 1. The summed E-state index contributed by atoms with van der Waals surface area (Å²) < 4.78 is 0. The van der Waals surface area contributed by atoms with E-state index in [0.717, 1.165) is 36.2 Å². The van der Waals surface area contributed by atoms with E-state index in [2.05, 4.69) is 27.4 Å². The summed E-state index contributed by atoms with van der Waals surface area (Å²) in [5.74, 6) is 6.14. The summed E-state index contributed by atoms with van der Waals surface area (Å²) in [5, 5.41) is 14.7. The van der Waals surface area contributed by atoms with Crippen molar-refractivity contribution in [1.82, 2.24) is 25.7 Å². The molecule has 10 heteroatoms. The largest absolute Gasteiger partial charge is 0.397 e. The van der Waals surface area contributed by atoms with Crippen LogP contribution in [0, 0.1) is 5.92 Å². The smallest absolute Gasteiger partial charge is 0.243 e. The highest BCUT2D eigenvalue weighted by molar-refractivity contribution is 5.90. The van der Waals surface area contributed by atoms with Crippen molar-refractivity contribution in [2.45, 2.75) is 64.1 Å². The zero-order valence-electron chi connectivity index (χ0n) is 22.2. The van der Waals surface area contributed by atoms with Crippen LogP contribution in [-0.4, -0.2) is 59.1 Å². The molecule has 10 nitrogen and oxygen atoms in total. The van der Waals surface area contributed by atoms with E-state index in [-0.39, 0.29) is 29.7 Å². The number of hydrogen-bond acceptors (Lipinski definition) is 7. The first-order valence-electron chi connectivity index (χ1n) is 13.1. The third-order valence-electron chi connectivity index (χ3n) is 7.11. The first kappa shape index (κ1) is 28.2. The van der Waals surface area contributed by atoms with Crippen molar-refractivity contribution in [3.05, 3.63) is 54.4 Å². The quantitative estimate of drug-likeness (QED) is 0.151. The van der Waals surface area contributed by atoms with Gasteiger partial charge in [-0.25, -0.2) is 5.84 Å². The Morgan fingerprint density at radius 1 is 1.32 bits per heavy atom. The van der Waals surface area contributed by atoms with Crippen molar-refractivity contribution in [1.29, 1.82) is 0 Å². The molecule has 0 saturated carbocycles. The molecule has 1 aromatic heterocycles. The second kappa shape index (κ2) is 13.3. The number of amides is 2. The third kappa shape index (κ3) is 6.90. The van der Waals surface area contributed by atoms with Gasteiger partial charge in [0.25, 0.3) is 0 Å². The maximum Gasteiger partial charge on any atom is 0.243 e. The minimum absolute atomic E-state index is 0.00294. The lowest BCUT2D eigenvalue weighted by atomic mass is 9.99. The fraction of sp³-hybridized carbons (Fsp3) is 0.519. The maximum atomic E-state index is 13.5. The van der Waals surface area contributed by atoms with Gasteiger partial charge in [0.15, 0.2) is 0 Å². The summed E-state index contributed by atoms with van der Waals surface area (Å²) >= 11 is 0. The Kier molecular flexibility index (Phi) is 10.1. The zero-order valence-corrected chi connectivity index (χ0v) is 22.2. The molecule has 0 aliphatic carbocycles. The van der Waals surface area contributed by atoms with Gasteiger partial charge in [-0.05, 0) is 54.9 Å². The Hall–Kier alpha value is -3.37. The van der Waals surface area contributed by atoms with Crippen molar-refractivity contribution in [3.8, 4) is 0 Å². The highest BCUT2D eigenvalue weighted by Crippen LogP contribution is 2.31. The predicted molar refractivity (Wildman–Crippen MR) is 147 cm³/mol. The Balaban J connectivity index is 0.00000186. The van der Waals surface area contributed by atoms with Gasteiger partial charge in [0.05, 0.1) is 23.6 Å². The monoisotopic (exact) mass is 510 g/mol. The number of allylic oxidation sites excluding steroid dienone is 1. The van der Waals surface area contributed by atoms with E-state index in [1.807, 2.05) is 50.5 Å². The van der Waals surface area contributed by atoms with Gasteiger partial charge in [-0.15, -0.1) is 6.58 Å². The molecule has 1 aromatic carbocycles. The van der Waals surface area contributed by atoms with E-state index >= 15 is 0 Å². The van der Waals surface area contributed by atoms with Crippen molar-refractivity contribution < 1.29 is 9.59 Å². The molecule has 7 N–H and O–H groups in total. The van der Waals surface area contributed by atoms with E-state index in [1.165, 1.54) is 5.01 Å². The molecule has 4 unspecified atom stereocenters. The van der Waals surface area contributed by atoms with Gasteiger partial charge in [0.1, 0.15) is 6.04 Å². The molecule has 202 valence electrons. The van der Waals surface area contributed by atoms with Crippen LogP contribution < -0.4 is 27.2 Å². The predicted octanol–water partition coefficient (Wildman–Crippen LogP) is 2.27. The Morgan fingerprint density at radius 3 is 2.76 bits per heavy atom. The number of nitrogens with two attached hydrogens (primary N) is 2. The summed E-state index contributed by atoms with van der Waals surface area (Å²) in [6, 6.07) is 4.73. The highest BCUT2D eigenvalue weighted by Gasteiger charge is 2.43. The fourth-order valence-corrected chi connectivity index (χ4v) is 5.18. The molecule has 3 heterocycles. The van der Waals surface area contributed by atoms with Gasteiger partial charge >= 0.3 is 0 Å². The molecule has 2 aliphatic rings. The first-order chi connectivity index (χ1) is 17.9. The van der Waals surface area contributed by atoms with Gasteiger partial charge in [0.2, 0.25) is 11.8 Å². The summed E-state index contributed by atoms with van der Waals surface area (Å²) in [5.41, 5.74) is 9.32. The van der Waals surface area contributed by atoms with Crippen molar-refractivity contribution >= 4 is 23.2 Å². The van der Waals surface area contributed by atoms with Crippen LogP contribution in [0.15, 0.2) is 43.2 Å². The molecule has 2 fully saturated rings. The normalized spacial score (nSPS) is 22.8. The van der Waals surface area contributed by atoms with Crippen LogP contribution in [0.3, 0.4) is 0 Å². The van der Waals surface area contributed by atoms with E-state index < -0.39 is 6.04 Å². The van der Waals surface area contributed by atoms with E-state index in [0.29, 0.717) is 31.6 Å². The number of H-pyrrole nitrogens is 1. The standard InChI is InChI=1S/C25H36N8O2.C2H6/c1-3-4-5-17-9-23(24(34)29-11-16-6-7-22(32(2)27)20(26)8-16)33(15-17)25(35)21-10-18(12-28-21)19-13-30-31-14-19;1-2/h3,6-8,13-14,17-18,21,23,28H,1,4-5,9-12,15,26-27H2,2H3,(H,29,34)(H,30,31);1-2H3. The molecule has 37 heavy (non-hydrogen) atoms. The number of carbonyl (C=O) groups is 2. The lowest BCUT2D eigenvalue weighted by molar-refractivity contribution is -0.139. The number of rotatable bonds is 9. The van der Waals surface area contributed by atoms with Gasteiger partial charge in [-0.1, -0.05) is 26.0 Å². The lowest BCUT2D eigenvalue weighted by Crippen LogP contribution is -2.51. The number of aromatic amines is 1. The van der Waals surface area contributed by atoms with Crippen LogP contribution in [0.2, 0.25) is 0 Å². The summed E-state index contributed by atoms with van der Waals surface area (Å²) in [4.78, 5) is 28.6. The molecule has 4 rings (SSSR count). The number of likely N-dealkylation sites (tertiary alicyclic amines) is 1. The number of carbonyl (C=O) groups excluding carboxylic acids is 2. The highest BCUT2D eigenvalue weighted by atomic mass is 16.2. The van der Waals surface area contributed by atoms with E-state index in [9.17, 15) is 9.59 Å². The SMILES string of the molecule is C=CCCC1CC(C(=O)NCc2ccc(N(C)N)c(N)c2)N(C(=O)C2CC(c3cn[nH]c3)CN2)C1.CC. The third-order valence-corrected chi connectivity index (χ3v) is 7.11. The molecule has 2 aromatic rings. The molecule has 2 saturated heterocycles. The Bertz CT molecular complexity index is 1040. The minimum atomic E-state index is -0.487. The molecule has 0 spiro atoms. The van der Waals surface area contributed by atoms with Gasteiger partial charge in [0, 0.05) is 38.8 Å². The minimum Gasteiger partial charge on any atom is -0.397 e. The van der Waals surface area contributed by atoms with E-state index in [4.69, 9.17) is 11.6 Å². The topological polar surface area (TPSA) is 145 Å². The van der Waals surface area contributed by atoms with E-state index in [1.54, 1.807) is 11.9 Å². The Morgan fingerprint density at radius 2 is 2.11 bits per heavy atom. The van der Waals surface area contributed by atoms with Crippen LogP contribution in [0.5, 0.6) is 0 Å². The summed E-state index contributed by atoms with van der Waals surface area (Å²) in [6.45, 7) is 9.45. The average molecular weight is 511 g/mol. The Labute approximate surface area is 219 Å². The summed E-state index contributed by atoms with van der Waals surface area (Å²) in [6.07, 6.45) is 8.71. The fourth-order valence-electron chi connectivity index (χ4n) is 5.18.